The molecule has 3 heterocycles. The summed E-state index contributed by atoms with van der Waals surface area (Å²) in [6, 6.07) is 2.22. The van der Waals surface area contributed by atoms with Crippen molar-refractivity contribution in [2.45, 2.75) is 25.3 Å². The van der Waals surface area contributed by atoms with Crippen molar-refractivity contribution in [2.75, 3.05) is 18.1 Å². The molecule has 2 saturated heterocycles. The van der Waals surface area contributed by atoms with E-state index in [-0.39, 0.29) is 11.9 Å². The average Bonchev–Trinajstić information content (AvgIpc) is 2.99. The first-order chi connectivity index (χ1) is 8.34. The van der Waals surface area contributed by atoms with Crippen LogP contribution in [0.5, 0.6) is 0 Å². The van der Waals surface area contributed by atoms with E-state index in [4.69, 9.17) is 4.84 Å². The molecule has 2 fully saturated rings. The molecule has 1 N–H and O–H groups in total. The lowest BCUT2D eigenvalue weighted by molar-refractivity contribution is -0.117. The molecule has 0 radical (unpaired) electrons. The van der Waals surface area contributed by atoms with Crippen molar-refractivity contribution >= 4 is 11.6 Å². The number of anilines is 1. The molecule has 0 bridgehead atoms. The Morgan fingerprint density at radius 1 is 1.47 bits per heavy atom. The zero-order valence-electron chi connectivity index (χ0n) is 9.56. The number of hydrogen-bond acceptors (Lipinski definition) is 4. The molecule has 0 spiro atoms. The molecule has 0 aromatic carbocycles. The molecule has 5 heteroatoms. The Bertz CT molecular complexity index is 430. The fourth-order valence-electron chi connectivity index (χ4n) is 2.33. The fraction of sp³-hybridized carbons (Fsp3) is 0.500. The normalized spacial score (nSPS) is 24.6. The fourth-order valence-corrected chi connectivity index (χ4v) is 2.33. The molecule has 1 amide bonds. The van der Waals surface area contributed by atoms with Gasteiger partial charge in [-0.25, -0.2) is 0 Å². The van der Waals surface area contributed by atoms with Gasteiger partial charge in [0, 0.05) is 19.2 Å². The van der Waals surface area contributed by atoms with Gasteiger partial charge in [-0.15, -0.1) is 0 Å². The Balaban J connectivity index is 1.85. The molecule has 1 aromatic rings. The van der Waals surface area contributed by atoms with Gasteiger partial charge in [0.2, 0.25) is 5.91 Å². The van der Waals surface area contributed by atoms with E-state index >= 15 is 0 Å². The summed E-state index contributed by atoms with van der Waals surface area (Å²) < 4.78 is 0. The lowest BCUT2D eigenvalue weighted by Crippen LogP contribution is -2.24. The summed E-state index contributed by atoms with van der Waals surface area (Å²) in [7, 11) is 0. The summed E-state index contributed by atoms with van der Waals surface area (Å²) in [5.41, 5.74) is 4.94. The van der Waals surface area contributed by atoms with E-state index in [2.05, 4.69) is 10.5 Å². The summed E-state index contributed by atoms with van der Waals surface area (Å²) >= 11 is 0. The number of nitrogens with zero attached hydrogens (tertiary/aromatic N) is 2. The van der Waals surface area contributed by atoms with Crippen molar-refractivity contribution < 1.29 is 9.63 Å². The quantitative estimate of drug-likeness (QED) is 0.833. The van der Waals surface area contributed by atoms with Gasteiger partial charge in [0.15, 0.2) is 0 Å². The van der Waals surface area contributed by atoms with Gasteiger partial charge in [-0.1, -0.05) is 0 Å². The van der Waals surface area contributed by atoms with Crippen LogP contribution in [-0.2, 0) is 9.63 Å². The van der Waals surface area contributed by atoms with Gasteiger partial charge in [0.25, 0.3) is 0 Å². The summed E-state index contributed by atoms with van der Waals surface area (Å²) in [5, 5.41) is 0. The van der Waals surface area contributed by atoms with Crippen molar-refractivity contribution in [3.05, 3.63) is 24.0 Å². The van der Waals surface area contributed by atoms with Crippen LogP contribution >= 0.6 is 0 Å². The first-order valence-corrected chi connectivity index (χ1v) is 5.97. The highest BCUT2D eigenvalue weighted by Crippen LogP contribution is 2.26. The summed E-state index contributed by atoms with van der Waals surface area (Å²) in [4.78, 5) is 22.8. The van der Waals surface area contributed by atoms with Gasteiger partial charge >= 0.3 is 0 Å². The summed E-state index contributed by atoms with van der Waals surface area (Å²) in [6.45, 7) is 1.52. The van der Waals surface area contributed by atoms with Crippen molar-refractivity contribution in [2.24, 2.45) is 0 Å². The zero-order chi connectivity index (χ0) is 11.7. The minimum absolute atomic E-state index is 0.194. The maximum atomic E-state index is 11.7. The molecule has 0 aliphatic carbocycles. The van der Waals surface area contributed by atoms with E-state index in [1.54, 1.807) is 6.20 Å². The molecule has 1 atom stereocenters. The number of amides is 1. The second-order valence-electron chi connectivity index (χ2n) is 4.43. The maximum Gasteiger partial charge on any atom is 0.227 e. The highest BCUT2D eigenvalue weighted by molar-refractivity contribution is 5.95. The monoisotopic (exact) mass is 233 g/mol. The number of carbonyl (C=O) groups is 1. The third kappa shape index (κ3) is 2.03. The summed E-state index contributed by atoms with van der Waals surface area (Å²) in [5.74, 6) is 0.194. The molecular formula is C12H15N3O2. The smallest absolute Gasteiger partial charge is 0.227 e. The first-order valence-electron chi connectivity index (χ1n) is 5.97. The standard InChI is InChI=1S/C12H15N3O2/c16-12-2-1-4-15(12)10-6-9(7-13-8-10)11-3-5-17-14-11/h6-8,11,14H,1-5H2/t11-/m0/s1. The van der Waals surface area contributed by atoms with Crippen LogP contribution in [0.25, 0.3) is 0 Å². The van der Waals surface area contributed by atoms with Gasteiger partial charge in [-0.2, -0.15) is 5.48 Å². The van der Waals surface area contributed by atoms with Crippen LogP contribution in [0.4, 0.5) is 5.69 Å². The lowest BCUT2D eigenvalue weighted by Gasteiger charge is -2.17. The molecule has 0 unspecified atom stereocenters. The minimum atomic E-state index is 0.194. The van der Waals surface area contributed by atoms with E-state index in [0.29, 0.717) is 6.42 Å². The Morgan fingerprint density at radius 2 is 2.41 bits per heavy atom. The van der Waals surface area contributed by atoms with Crippen LogP contribution in [0, 0.1) is 0 Å². The highest BCUT2D eigenvalue weighted by Gasteiger charge is 2.24. The van der Waals surface area contributed by atoms with Crippen LogP contribution < -0.4 is 10.4 Å². The number of hydrogen-bond donors (Lipinski definition) is 1. The van der Waals surface area contributed by atoms with Crippen LogP contribution in [-0.4, -0.2) is 24.0 Å². The van der Waals surface area contributed by atoms with E-state index in [9.17, 15) is 4.79 Å². The molecule has 3 rings (SSSR count). The second kappa shape index (κ2) is 4.43. The van der Waals surface area contributed by atoms with Gasteiger partial charge in [-0.3, -0.25) is 9.78 Å². The van der Waals surface area contributed by atoms with Crippen LogP contribution in [0.1, 0.15) is 30.9 Å². The number of nitrogens with one attached hydrogen (secondary N) is 1. The van der Waals surface area contributed by atoms with Crippen LogP contribution in [0.2, 0.25) is 0 Å². The molecule has 2 aliphatic heterocycles. The Labute approximate surface area is 99.7 Å². The van der Waals surface area contributed by atoms with Crippen molar-refractivity contribution in [1.29, 1.82) is 0 Å². The molecule has 2 aliphatic rings. The number of hydroxylamine groups is 1. The number of rotatable bonds is 2. The van der Waals surface area contributed by atoms with E-state index < -0.39 is 0 Å². The minimum Gasteiger partial charge on any atom is -0.311 e. The van der Waals surface area contributed by atoms with Crippen LogP contribution in [0.15, 0.2) is 18.5 Å². The van der Waals surface area contributed by atoms with Gasteiger partial charge < -0.3 is 9.74 Å². The zero-order valence-corrected chi connectivity index (χ0v) is 9.56. The van der Waals surface area contributed by atoms with Gasteiger partial charge in [0.05, 0.1) is 24.5 Å². The van der Waals surface area contributed by atoms with Crippen LogP contribution in [0.3, 0.4) is 0 Å². The van der Waals surface area contributed by atoms with Crippen molar-refractivity contribution in [1.82, 2.24) is 10.5 Å². The van der Waals surface area contributed by atoms with Crippen molar-refractivity contribution in [3.8, 4) is 0 Å². The predicted molar refractivity (Wildman–Crippen MR) is 62.3 cm³/mol. The number of aromatic nitrogens is 1. The van der Waals surface area contributed by atoms with E-state index in [1.807, 2.05) is 17.2 Å². The average molecular weight is 233 g/mol. The third-order valence-corrected chi connectivity index (χ3v) is 3.27. The Hall–Kier alpha value is -1.46. The summed E-state index contributed by atoms with van der Waals surface area (Å²) in [6.07, 6.45) is 6.11. The Kier molecular flexibility index (Phi) is 2.78. The topological polar surface area (TPSA) is 54.5 Å². The maximum absolute atomic E-state index is 11.7. The molecular weight excluding hydrogens is 218 g/mol. The SMILES string of the molecule is O=C1CCCN1c1cncc([C@@H]2CCON2)c1. The number of pyridine rings is 1. The van der Waals surface area contributed by atoms with E-state index in [1.165, 1.54) is 0 Å². The van der Waals surface area contributed by atoms with Crippen molar-refractivity contribution in [3.63, 3.8) is 0 Å². The largest absolute Gasteiger partial charge is 0.311 e. The molecule has 1 aromatic heterocycles. The second-order valence-corrected chi connectivity index (χ2v) is 4.43. The third-order valence-electron chi connectivity index (χ3n) is 3.27. The van der Waals surface area contributed by atoms with E-state index in [0.717, 1.165) is 37.2 Å². The molecule has 0 saturated carbocycles. The molecule has 5 nitrogen and oxygen atoms in total. The highest BCUT2D eigenvalue weighted by atomic mass is 16.7. The predicted octanol–water partition coefficient (Wildman–Crippen LogP) is 1.17. The first kappa shape index (κ1) is 10.7. The molecule has 90 valence electrons. The van der Waals surface area contributed by atoms with Gasteiger partial charge in [0.1, 0.15) is 0 Å². The lowest BCUT2D eigenvalue weighted by atomic mass is 10.1. The Morgan fingerprint density at radius 3 is 3.12 bits per heavy atom. The number of carbonyl (C=O) groups excluding carboxylic acids is 1. The molecule has 17 heavy (non-hydrogen) atoms. The van der Waals surface area contributed by atoms with Gasteiger partial charge in [-0.05, 0) is 24.5 Å².